The lowest BCUT2D eigenvalue weighted by molar-refractivity contribution is 0.101. The molecule has 0 amide bonds. The van der Waals surface area contributed by atoms with Crippen molar-refractivity contribution >= 4 is 5.78 Å². The third kappa shape index (κ3) is 1.32. The minimum atomic E-state index is -0.0241. The van der Waals surface area contributed by atoms with Crippen molar-refractivity contribution in [3.8, 4) is 0 Å². The molecular formula is C6H5N2O. The maximum Gasteiger partial charge on any atom is 0.197 e. The van der Waals surface area contributed by atoms with Gasteiger partial charge in [0, 0.05) is 12.4 Å². The molecule has 0 unspecified atom stereocenters. The van der Waals surface area contributed by atoms with Gasteiger partial charge in [0.05, 0.1) is 5.56 Å². The SMILES string of the molecule is CC(=O)c1cn[c]nc1. The van der Waals surface area contributed by atoms with Crippen LogP contribution in [0.4, 0.5) is 0 Å². The molecule has 0 aliphatic rings. The molecule has 45 valence electrons. The fourth-order valence-electron chi connectivity index (χ4n) is 0.445. The Labute approximate surface area is 52.8 Å². The minimum Gasteiger partial charge on any atom is -0.294 e. The highest BCUT2D eigenvalue weighted by molar-refractivity contribution is 5.93. The van der Waals surface area contributed by atoms with Gasteiger partial charge in [-0.05, 0) is 6.92 Å². The topological polar surface area (TPSA) is 42.9 Å². The van der Waals surface area contributed by atoms with Crippen LogP contribution in [0.15, 0.2) is 12.4 Å². The first-order valence-electron chi connectivity index (χ1n) is 2.50. The second kappa shape index (κ2) is 2.35. The van der Waals surface area contributed by atoms with Crippen LogP contribution in [0.25, 0.3) is 0 Å². The van der Waals surface area contributed by atoms with E-state index in [1.165, 1.54) is 19.3 Å². The third-order valence-electron chi connectivity index (χ3n) is 0.929. The largest absolute Gasteiger partial charge is 0.294 e. The third-order valence-corrected chi connectivity index (χ3v) is 0.929. The van der Waals surface area contributed by atoms with E-state index in [2.05, 4.69) is 16.3 Å². The highest BCUT2D eigenvalue weighted by atomic mass is 16.1. The average Bonchev–Trinajstić information content (AvgIpc) is 1.90. The Bertz CT molecular complexity index is 208. The zero-order valence-electron chi connectivity index (χ0n) is 4.96. The highest BCUT2D eigenvalue weighted by Crippen LogP contribution is 1.91. The van der Waals surface area contributed by atoms with Gasteiger partial charge < -0.3 is 0 Å². The van der Waals surface area contributed by atoms with E-state index in [0.717, 1.165) is 0 Å². The number of nitrogens with zero attached hydrogens (tertiary/aromatic N) is 2. The number of ketones is 1. The second-order valence-electron chi connectivity index (χ2n) is 1.63. The molecule has 1 aromatic rings. The first-order valence-corrected chi connectivity index (χ1v) is 2.50. The van der Waals surface area contributed by atoms with Crippen LogP contribution in [-0.2, 0) is 0 Å². The lowest BCUT2D eigenvalue weighted by Gasteiger charge is -1.87. The highest BCUT2D eigenvalue weighted by Gasteiger charge is 1.95. The van der Waals surface area contributed by atoms with Crippen molar-refractivity contribution < 1.29 is 4.79 Å². The molecule has 0 aliphatic carbocycles. The van der Waals surface area contributed by atoms with Crippen LogP contribution in [0, 0.1) is 6.33 Å². The van der Waals surface area contributed by atoms with Gasteiger partial charge in [-0.1, -0.05) is 0 Å². The Morgan fingerprint density at radius 3 is 2.44 bits per heavy atom. The van der Waals surface area contributed by atoms with Crippen LogP contribution in [-0.4, -0.2) is 15.8 Å². The summed E-state index contributed by atoms with van der Waals surface area (Å²) < 4.78 is 0. The van der Waals surface area contributed by atoms with Crippen LogP contribution < -0.4 is 0 Å². The summed E-state index contributed by atoms with van der Waals surface area (Å²) in [7, 11) is 0. The lowest BCUT2D eigenvalue weighted by atomic mass is 10.2. The number of carbonyl (C=O) groups is 1. The van der Waals surface area contributed by atoms with Crippen LogP contribution >= 0.6 is 0 Å². The molecule has 1 radical (unpaired) electrons. The first-order chi connectivity index (χ1) is 4.30. The minimum absolute atomic E-state index is 0.0241. The van der Waals surface area contributed by atoms with E-state index in [9.17, 15) is 4.79 Å². The van der Waals surface area contributed by atoms with Gasteiger partial charge in [-0.3, -0.25) is 4.79 Å². The van der Waals surface area contributed by atoms with Gasteiger partial charge in [0.2, 0.25) is 0 Å². The zero-order valence-corrected chi connectivity index (χ0v) is 4.96. The first kappa shape index (κ1) is 5.88. The van der Waals surface area contributed by atoms with E-state index in [1.807, 2.05) is 0 Å². The second-order valence-corrected chi connectivity index (χ2v) is 1.63. The number of hydrogen-bond donors (Lipinski definition) is 0. The summed E-state index contributed by atoms with van der Waals surface area (Å²) in [4.78, 5) is 17.6. The van der Waals surface area contributed by atoms with Gasteiger partial charge in [0.1, 0.15) is 0 Å². The number of carbonyl (C=O) groups excluding carboxylic acids is 1. The molecule has 1 heterocycles. The smallest absolute Gasteiger partial charge is 0.197 e. The Balaban J connectivity index is 2.98. The van der Waals surface area contributed by atoms with Gasteiger partial charge >= 0.3 is 0 Å². The molecule has 3 heteroatoms. The van der Waals surface area contributed by atoms with Gasteiger partial charge in [0.25, 0.3) is 0 Å². The van der Waals surface area contributed by atoms with Crippen LogP contribution in [0.2, 0.25) is 0 Å². The van der Waals surface area contributed by atoms with E-state index >= 15 is 0 Å². The summed E-state index contributed by atoms with van der Waals surface area (Å²) in [5.41, 5.74) is 0.522. The predicted octanol–water partition coefficient (Wildman–Crippen LogP) is 0.479. The molecule has 0 bridgehead atoms. The van der Waals surface area contributed by atoms with E-state index in [1.54, 1.807) is 0 Å². The summed E-state index contributed by atoms with van der Waals surface area (Å²) in [6, 6.07) is 0. The standard InChI is InChI=1S/C6H5N2O/c1-5(9)6-2-7-4-8-3-6/h2-3H,1H3. The van der Waals surface area contributed by atoms with Crippen molar-refractivity contribution in [2.24, 2.45) is 0 Å². The van der Waals surface area contributed by atoms with Gasteiger partial charge in [-0.25, -0.2) is 9.97 Å². The summed E-state index contributed by atoms with van der Waals surface area (Å²) in [5, 5.41) is 0. The molecule has 1 rings (SSSR count). The number of rotatable bonds is 1. The normalized spacial score (nSPS) is 9.00. The number of Topliss-reactive ketones (excluding diaryl/α,β-unsaturated/α-hetero) is 1. The summed E-state index contributed by atoms with van der Waals surface area (Å²) >= 11 is 0. The van der Waals surface area contributed by atoms with Crippen molar-refractivity contribution in [2.75, 3.05) is 0 Å². The maximum absolute atomic E-state index is 10.6. The fourth-order valence-corrected chi connectivity index (χ4v) is 0.445. The number of hydrogen-bond acceptors (Lipinski definition) is 3. The molecular weight excluding hydrogens is 116 g/mol. The van der Waals surface area contributed by atoms with Gasteiger partial charge in [0.15, 0.2) is 12.1 Å². The van der Waals surface area contributed by atoms with E-state index < -0.39 is 0 Å². The Morgan fingerprint density at radius 1 is 1.56 bits per heavy atom. The molecule has 1 aromatic heterocycles. The molecule has 0 spiro atoms. The van der Waals surface area contributed by atoms with Crippen LogP contribution in [0.3, 0.4) is 0 Å². The Morgan fingerprint density at radius 2 is 2.11 bits per heavy atom. The summed E-state index contributed by atoms with van der Waals surface area (Å²) in [6.45, 7) is 1.47. The van der Waals surface area contributed by atoms with Crippen molar-refractivity contribution in [1.82, 2.24) is 9.97 Å². The quantitative estimate of drug-likeness (QED) is 0.507. The Hall–Kier alpha value is -1.25. The maximum atomic E-state index is 10.6. The van der Waals surface area contributed by atoms with Gasteiger partial charge in [-0.15, -0.1) is 0 Å². The van der Waals surface area contributed by atoms with E-state index in [-0.39, 0.29) is 5.78 Å². The van der Waals surface area contributed by atoms with Crippen LogP contribution in [0.1, 0.15) is 17.3 Å². The molecule has 9 heavy (non-hydrogen) atoms. The number of aromatic nitrogens is 2. The fraction of sp³-hybridized carbons (Fsp3) is 0.167. The monoisotopic (exact) mass is 121 g/mol. The molecule has 0 aromatic carbocycles. The average molecular weight is 121 g/mol. The molecule has 0 fully saturated rings. The molecule has 3 nitrogen and oxygen atoms in total. The molecule has 0 aliphatic heterocycles. The molecule has 0 N–H and O–H groups in total. The van der Waals surface area contributed by atoms with Crippen molar-refractivity contribution in [3.05, 3.63) is 24.3 Å². The van der Waals surface area contributed by atoms with Crippen molar-refractivity contribution in [2.45, 2.75) is 6.92 Å². The van der Waals surface area contributed by atoms with Gasteiger partial charge in [-0.2, -0.15) is 0 Å². The predicted molar refractivity (Wildman–Crippen MR) is 30.9 cm³/mol. The van der Waals surface area contributed by atoms with Crippen molar-refractivity contribution in [1.29, 1.82) is 0 Å². The molecule has 0 atom stereocenters. The lowest BCUT2D eigenvalue weighted by Crippen LogP contribution is -1.92. The summed E-state index contributed by atoms with van der Waals surface area (Å²) in [5.74, 6) is -0.0241. The molecule has 0 saturated heterocycles. The molecule has 0 saturated carbocycles. The van der Waals surface area contributed by atoms with E-state index in [4.69, 9.17) is 0 Å². The van der Waals surface area contributed by atoms with Crippen molar-refractivity contribution in [3.63, 3.8) is 0 Å². The van der Waals surface area contributed by atoms with E-state index in [0.29, 0.717) is 5.56 Å². The Kier molecular flexibility index (Phi) is 1.53. The zero-order chi connectivity index (χ0) is 6.69. The van der Waals surface area contributed by atoms with Crippen LogP contribution in [0.5, 0.6) is 0 Å². The summed E-state index contributed by atoms with van der Waals surface area (Å²) in [6.07, 6.45) is 5.22.